The van der Waals surface area contributed by atoms with Gasteiger partial charge in [-0.3, -0.25) is 4.79 Å². The van der Waals surface area contributed by atoms with Crippen LogP contribution in [0.4, 0.5) is 8.78 Å². The van der Waals surface area contributed by atoms with Gasteiger partial charge in [-0.15, -0.1) is 12.4 Å². The van der Waals surface area contributed by atoms with Crippen molar-refractivity contribution in [1.82, 2.24) is 10.2 Å². The lowest BCUT2D eigenvalue weighted by atomic mass is 10.1. The molecular weight excluding hydrogens is 274 g/mol. The van der Waals surface area contributed by atoms with E-state index >= 15 is 0 Å². The highest BCUT2D eigenvalue weighted by molar-refractivity contribution is 5.85. The third-order valence-electron chi connectivity index (χ3n) is 3.18. The number of carbonyl (C=O) groups excluding carboxylic acids is 1. The molecule has 3 nitrogen and oxygen atoms in total. The van der Waals surface area contributed by atoms with Crippen LogP contribution in [0, 0.1) is 11.6 Å². The molecule has 1 aliphatic heterocycles. The van der Waals surface area contributed by atoms with Gasteiger partial charge in [-0.05, 0) is 18.6 Å². The van der Waals surface area contributed by atoms with Crippen LogP contribution >= 0.6 is 12.4 Å². The Morgan fingerprint density at radius 3 is 2.84 bits per heavy atom. The maximum atomic E-state index is 13.5. The molecule has 1 aromatic carbocycles. The zero-order valence-electron chi connectivity index (χ0n) is 10.7. The number of amides is 1. The van der Waals surface area contributed by atoms with Crippen molar-refractivity contribution in [2.45, 2.75) is 19.4 Å². The Morgan fingerprint density at radius 2 is 2.21 bits per heavy atom. The fourth-order valence-electron chi connectivity index (χ4n) is 2.14. The van der Waals surface area contributed by atoms with Crippen LogP contribution in [0.3, 0.4) is 0 Å². The molecule has 0 radical (unpaired) electrons. The number of carbonyl (C=O) groups is 1. The van der Waals surface area contributed by atoms with Gasteiger partial charge in [0.25, 0.3) is 0 Å². The standard InChI is InChI=1S/C13H16F2N2O.ClH/c1-9-8-16-4-5-17(9)13(18)6-10-2-3-11(14)7-12(10)15;/h2-3,7,9,16H,4-6,8H2,1H3;1H. The molecule has 0 aromatic heterocycles. The highest BCUT2D eigenvalue weighted by Gasteiger charge is 2.23. The van der Waals surface area contributed by atoms with E-state index in [9.17, 15) is 13.6 Å². The third-order valence-corrected chi connectivity index (χ3v) is 3.18. The molecule has 1 unspecified atom stereocenters. The van der Waals surface area contributed by atoms with Crippen molar-refractivity contribution in [3.63, 3.8) is 0 Å². The quantitative estimate of drug-likeness (QED) is 0.900. The second-order valence-electron chi connectivity index (χ2n) is 4.55. The largest absolute Gasteiger partial charge is 0.337 e. The molecule has 6 heteroatoms. The predicted molar refractivity (Wildman–Crippen MR) is 71.4 cm³/mol. The maximum Gasteiger partial charge on any atom is 0.227 e. The fraction of sp³-hybridized carbons (Fsp3) is 0.462. The van der Waals surface area contributed by atoms with Crippen LogP contribution in [-0.2, 0) is 11.2 Å². The van der Waals surface area contributed by atoms with E-state index in [1.807, 2.05) is 6.92 Å². The Bertz CT molecular complexity index is 456. The molecule has 1 aromatic rings. The Hall–Kier alpha value is -1.20. The van der Waals surface area contributed by atoms with Gasteiger partial charge in [0.05, 0.1) is 6.42 Å². The second kappa shape index (κ2) is 6.82. The van der Waals surface area contributed by atoms with E-state index < -0.39 is 11.6 Å². The molecule has 1 aliphatic rings. The zero-order valence-corrected chi connectivity index (χ0v) is 11.5. The summed E-state index contributed by atoms with van der Waals surface area (Å²) < 4.78 is 26.2. The predicted octanol–water partition coefficient (Wildman–Crippen LogP) is 1.75. The van der Waals surface area contributed by atoms with Crippen molar-refractivity contribution in [3.8, 4) is 0 Å². The van der Waals surface area contributed by atoms with E-state index in [1.54, 1.807) is 4.90 Å². The molecule has 1 saturated heterocycles. The summed E-state index contributed by atoms with van der Waals surface area (Å²) in [5.41, 5.74) is 0.243. The lowest BCUT2D eigenvalue weighted by molar-refractivity contribution is -0.133. The average molecular weight is 291 g/mol. The molecule has 0 bridgehead atoms. The number of benzene rings is 1. The minimum absolute atomic E-state index is 0. The lowest BCUT2D eigenvalue weighted by Crippen LogP contribution is -2.52. The lowest BCUT2D eigenvalue weighted by Gasteiger charge is -2.34. The SMILES string of the molecule is CC1CNCCN1C(=O)Cc1ccc(F)cc1F.Cl. The first kappa shape index (κ1) is 15.9. The van der Waals surface area contributed by atoms with Gasteiger partial charge in [0.1, 0.15) is 11.6 Å². The molecule has 106 valence electrons. The molecule has 1 N–H and O–H groups in total. The van der Waals surface area contributed by atoms with E-state index in [-0.39, 0.29) is 36.3 Å². The molecule has 1 heterocycles. The topological polar surface area (TPSA) is 32.3 Å². The van der Waals surface area contributed by atoms with Gasteiger partial charge in [-0.1, -0.05) is 6.07 Å². The van der Waals surface area contributed by atoms with Crippen molar-refractivity contribution in [1.29, 1.82) is 0 Å². The molecule has 0 spiro atoms. The minimum atomic E-state index is -0.661. The molecule has 1 fully saturated rings. The third kappa shape index (κ3) is 3.88. The smallest absolute Gasteiger partial charge is 0.227 e. The normalized spacial score (nSPS) is 18.9. The number of nitrogens with zero attached hydrogens (tertiary/aromatic N) is 1. The summed E-state index contributed by atoms with van der Waals surface area (Å²) >= 11 is 0. The first-order chi connectivity index (χ1) is 8.58. The van der Waals surface area contributed by atoms with Crippen molar-refractivity contribution in [2.75, 3.05) is 19.6 Å². The van der Waals surface area contributed by atoms with E-state index in [0.29, 0.717) is 6.54 Å². The van der Waals surface area contributed by atoms with Crippen LogP contribution in [0.5, 0.6) is 0 Å². The molecule has 19 heavy (non-hydrogen) atoms. The number of hydrogen-bond acceptors (Lipinski definition) is 2. The van der Waals surface area contributed by atoms with Crippen molar-refractivity contribution < 1.29 is 13.6 Å². The van der Waals surface area contributed by atoms with Crippen LogP contribution in [0.15, 0.2) is 18.2 Å². The van der Waals surface area contributed by atoms with Crippen LogP contribution in [0.2, 0.25) is 0 Å². The number of nitrogens with one attached hydrogen (secondary N) is 1. The first-order valence-corrected chi connectivity index (χ1v) is 6.02. The van der Waals surface area contributed by atoms with Crippen LogP contribution in [-0.4, -0.2) is 36.5 Å². The molecule has 2 rings (SSSR count). The van der Waals surface area contributed by atoms with Gasteiger partial charge in [0.2, 0.25) is 5.91 Å². The Labute approximate surface area is 117 Å². The number of piperazine rings is 1. The van der Waals surface area contributed by atoms with Gasteiger partial charge in [0.15, 0.2) is 0 Å². The van der Waals surface area contributed by atoms with E-state index in [2.05, 4.69) is 5.32 Å². The van der Waals surface area contributed by atoms with Crippen molar-refractivity contribution in [3.05, 3.63) is 35.4 Å². The monoisotopic (exact) mass is 290 g/mol. The summed E-state index contributed by atoms with van der Waals surface area (Å²) in [6.45, 7) is 4.08. The van der Waals surface area contributed by atoms with Crippen LogP contribution in [0.25, 0.3) is 0 Å². The maximum absolute atomic E-state index is 13.5. The summed E-state index contributed by atoms with van der Waals surface area (Å²) in [7, 11) is 0. The molecular formula is C13H17ClF2N2O. The van der Waals surface area contributed by atoms with Crippen molar-refractivity contribution >= 4 is 18.3 Å². The molecule has 1 amide bonds. The summed E-state index contributed by atoms with van der Waals surface area (Å²) in [4.78, 5) is 13.8. The Morgan fingerprint density at radius 1 is 1.47 bits per heavy atom. The fourth-order valence-corrected chi connectivity index (χ4v) is 2.14. The van der Waals surface area contributed by atoms with Crippen LogP contribution in [0.1, 0.15) is 12.5 Å². The van der Waals surface area contributed by atoms with E-state index in [1.165, 1.54) is 12.1 Å². The summed E-state index contributed by atoms with van der Waals surface area (Å²) in [5.74, 6) is -1.40. The Kier molecular flexibility index (Phi) is 5.69. The van der Waals surface area contributed by atoms with E-state index in [0.717, 1.165) is 19.2 Å². The van der Waals surface area contributed by atoms with Crippen LogP contribution < -0.4 is 5.32 Å². The highest BCUT2D eigenvalue weighted by Crippen LogP contribution is 2.13. The summed E-state index contributed by atoms with van der Waals surface area (Å²) in [6.07, 6.45) is -0.0174. The van der Waals surface area contributed by atoms with Gasteiger partial charge in [-0.2, -0.15) is 0 Å². The average Bonchev–Trinajstić information content (AvgIpc) is 2.33. The van der Waals surface area contributed by atoms with Gasteiger partial charge in [-0.25, -0.2) is 8.78 Å². The molecule has 0 aliphatic carbocycles. The molecule has 0 saturated carbocycles. The van der Waals surface area contributed by atoms with Gasteiger partial charge >= 0.3 is 0 Å². The summed E-state index contributed by atoms with van der Waals surface area (Å²) in [6, 6.07) is 3.42. The molecule has 1 atom stereocenters. The number of rotatable bonds is 2. The number of hydrogen-bond donors (Lipinski definition) is 1. The zero-order chi connectivity index (χ0) is 13.1. The van der Waals surface area contributed by atoms with E-state index in [4.69, 9.17) is 0 Å². The van der Waals surface area contributed by atoms with Gasteiger partial charge in [0, 0.05) is 31.7 Å². The highest BCUT2D eigenvalue weighted by atomic mass is 35.5. The Balaban J connectivity index is 0.00000180. The van der Waals surface area contributed by atoms with Crippen molar-refractivity contribution in [2.24, 2.45) is 0 Å². The number of halogens is 3. The van der Waals surface area contributed by atoms with Gasteiger partial charge < -0.3 is 10.2 Å². The second-order valence-corrected chi connectivity index (χ2v) is 4.55. The first-order valence-electron chi connectivity index (χ1n) is 6.02. The minimum Gasteiger partial charge on any atom is -0.337 e. The summed E-state index contributed by atoms with van der Waals surface area (Å²) in [5, 5.41) is 3.18.